The van der Waals surface area contributed by atoms with Crippen LogP contribution < -0.4 is 4.74 Å². The molecule has 0 spiro atoms. The van der Waals surface area contributed by atoms with Crippen LogP contribution in [-0.2, 0) is 0 Å². The summed E-state index contributed by atoms with van der Waals surface area (Å²) >= 11 is 0. The van der Waals surface area contributed by atoms with E-state index < -0.39 is 0 Å². The maximum absolute atomic E-state index is 9.70. The van der Waals surface area contributed by atoms with E-state index in [1.165, 1.54) is 18.4 Å². The van der Waals surface area contributed by atoms with Gasteiger partial charge in [-0.1, -0.05) is 39.7 Å². The fraction of sp³-hybridized carbons (Fsp3) is 0.647. The van der Waals surface area contributed by atoms with Crippen LogP contribution in [0.4, 0.5) is 0 Å². The van der Waals surface area contributed by atoms with Crippen molar-refractivity contribution in [2.45, 2.75) is 46.6 Å². The number of aromatic hydroxyl groups is 1. The van der Waals surface area contributed by atoms with Crippen molar-refractivity contribution in [1.82, 2.24) is 4.90 Å². The summed E-state index contributed by atoms with van der Waals surface area (Å²) in [6.45, 7) is 11.1. The van der Waals surface area contributed by atoms with Gasteiger partial charge in [0.15, 0.2) is 11.5 Å². The Kier molecular flexibility index (Phi) is 6.86. The normalized spacial score (nSPS) is 12.9. The quantitative estimate of drug-likeness (QED) is 0.773. The SMILES string of the molecule is CCC(CC)CN(CC)C(C)c1ccc(O)c(OC)c1. The number of hydrogen-bond acceptors (Lipinski definition) is 3. The number of benzene rings is 1. The Hall–Kier alpha value is -1.22. The van der Waals surface area contributed by atoms with Crippen LogP contribution in [0.25, 0.3) is 0 Å². The first-order valence-electron chi connectivity index (χ1n) is 7.68. The Bertz CT molecular complexity index is 402. The molecule has 0 bridgehead atoms. The molecule has 3 heteroatoms. The summed E-state index contributed by atoms with van der Waals surface area (Å²) in [5.74, 6) is 1.50. The highest BCUT2D eigenvalue weighted by Gasteiger charge is 2.18. The number of rotatable bonds is 8. The van der Waals surface area contributed by atoms with Gasteiger partial charge in [0.2, 0.25) is 0 Å². The predicted octanol–water partition coefficient (Wildman–Crippen LogP) is 4.22. The molecule has 0 aliphatic carbocycles. The Labute approximate surface area is 123 Å². The Balaban J connectivity index is 2.87. The third-order valence-corrected chi connectivity index (χ3v) is 4.29. The van der Waals surface area contributed by atoms with Crippen molar-refractivity contribution >= 4 is 0 Å². The highest BCUT2D eigenvalue weighted by atomic mass is 16.5. The Morgan fingerprint density at radius 2 is 1.85 bits per heavy atom. The van der Waals surface area contributed by atoms with E-state index in [1.807, 2.05) is 12.1 Å². The third-order valence-electron chi connectivity index (χ3n) is 4.29. The lowest BCUT2D eigenvalue weighted by Crippen LogP contribution is -2.31. The molecule has 20 heavy (non-hydrogen) atoms. The Morgan fingerprint density at radius 3 is 2.35 bits per heavy atom. The van der Waals surface area contributed by atoms with Crippen LogP contribution in [0.5, 0.6) is 11.5 Å². The van der Waals surface area contributed by atoms with Crippen molar-refractivity contribution in [3.05, 3.63) is 23.8 Å². The summed E-state index contributed by atoms with van der Waals surface area (Å²) in [5, 5.41) is 9.70. The lowest BCUT2D eigenvalue weighted by molar-refractivity contribution is 0.181. The van der Waals surface area contributed by atoms with Gasteiger partial charge < -0.3 is 9.84 Å². The molecule has 1 atom stereocenters. The summed E-state index contributed by atoms with van der Waals surface area (Å²) in [6.07, 6.45) is 2.44. The highest BCUT2D eigenvalue weighted by molar-refractivity contribution is 5.42. The first kappa shape index (κ1) is 16.8. The molecule has 0 saturated carbocycles. The standard InChI is InChI=1S/C17H29NO2/c1-6-14(7-2)12-18(8-3)13(4)15-9-10-16(19)17(11-15)20-5/h9-11,13-14,19H,6-8,12H2,1-5H3. The first-order chi connectivity index (χ1) is 9.57. The van der Waals surface area contributed by atoms with Crippen molar-refractivity contribution in [3.8, 4) is 11.5 Å². The summed E-state index contributed by atoms with van der Waals surface area (Å²) in [7, 11) is 1.59. The summed E-state index contributed by atoms with van der Waals surface area (Å²) < 4.78 is 5.20. The van der Waals surface area contributed by atoms with Gasteiger partial charge in [0.05, 0.1) is 7.11 Å². The minimum absolute atomic E-state index is 0.200. The molecule has 1 aromatic rings. The number of phenols is 1. The molecule has 1 unspecified atom stereocenters. The van der Waals surface area contributed by atoms with Crippen LogP contribution in [0.2, 0.25) is 0 Å². The fourth-order valence-electron chi connectivity index (χ4n) is 2.60. The average Bonchev–Trinajstić information content (AvgIpc) is 2.48. The van der Waals surface area contributed by atoms with Crippen molar-refractivity contribution in [2.24, 2.45) is 5.92 Å². The van der Waals surface area contributed by atoms with Crippen LogP contribution in [0.3, 0.4) is 0 Å². The minimum atomic E-state index is 0.200. The molecule has 1 aromatic carbocycles. The summed E-state index contributed by atoms with van der Waals surface area (Å²) in [6, 6.07) is 5.97. The minimum Gasteiger partial charge on any atom is -0.504 e. The molecule has 0 radical (unpaired) electrons. The van der Waals surface area contributed by atoms with E-state index in [-0.39, 0.29) is 5.75 Å². The van der Waals surface area contributed by atoms with Gasteiger partial charge in [-0.3, -0.25) is 4.90 Å². The largest absolute Gasteiger partial charge is 0.504 e. The van der Waals surface area contributed by atoms with E-state index in [1.54, 1.807) is 13.2 Å². The maximum atomic E-state index is 9.70. The zero-order valence-corrected chi connectivity index (χ0v) is 13.5. The van der Waals surface area contributed by atoms with Gasteiger partial charge >= 0.3 is 0 Å². The zero-order valence-electron chi connectivity index (χ0n) is 13.5. The third kappa shape index (κ3) is 4.14. The molecule has 0 heterocycles. The van der Waals surface area contributed by atoms with Gasteiger partial charge in [0.25, 0.3) is 0 Å². The molecule has 0 aliphatic rings. The highest BCUT2D eigenvalue weighted by Crippen LogP contribution is 2.31. The van der Waals surface area contributed by atoms with Crippen LogP contribution in [-0.4, -0.2) is 30.2 Å². The maximum Gasteiger partial charge on any atom is 0.160 e. The van der Waals surface area contributed by atoms with Crippen molar-refractivity contribution < 1.29 is 9.84 Å². The van der Waals surface area contributed by atoms with E-state index in [9.17, 15) is 5.11 Å². The number of nitrogens with zero attached hydrogens (tertiary/aromatic N) is 1. The molecular formula is C17H29NO2. The summed E-state index contributed by atoms with van der Waals surface area (Å²) in [4.78, 5) is 2.49. The van der Waals surface area contributed by atoms with E-state index >= 15 is 0 Å². The first-order valence-corrected chi connectivity index (χ1v) is 7.68. The number of methoxy groups -OCH3 is 1. The van der Waals surface area contributed by atoms with Gasteiger partial charge in [-0.25, -0.2) is 0 Å². The van der Waals surface area contributed by atoms with Gasteiger partial charge in [-0.05, 0) is 37.1 Å². The van der Waals surface area contributed by atoms with Crippen LogP contribution in [0, 0.1) is 5.92 Å². The fourth-order valence-corrected chi connectivity index (χ4v) is 2.60. The Morgan fingerprint density at radius 1 is 1.20 bits per heavy atom. The summed E-state index contributed by atoms with van der Waals surface area (Å²) in [5.41, 5.74) is 1.19. The van der Waals surface area contributed by atoms with Gasteiger partial charge in [0.1, 0.15) is 0 Å². The van der Waals surface area contributed by atoms with E-state index in [0.29, 0.717) is 11.8 Å². The average molecular weight is 279 g/mol. The molecule has 0 aliphatic heterocycles. The molecule has 0 saturated heterocycles. The van der Waals surface area contributed by atoms with Gasteiger partial charge in [0, 0.05) is 12.6 Å². The lowest BCUT2D eigenvalue weighted by Gasteiger charge is -2.31. The second kappa shape index (κ2) is 8.15. The second-order valence-electron chi connectivity index (χ2n) is 5.38. The van der Waals surface area contributed by atoms with E-state index in [4.69, 9.17) is 4.74 Å². The van der Waals surface area contributed by atoms with Gasteiger partial charge in [-0.2, -0.15) is 0 Å². The predicted molar refractivity (Wildman–Crippen MR) is 84.4 cm³/mol. The van der Waals surface area contributed by atoms with E-state index in [2.05, 4.69) is 32.6 Å². The molecule has 1 rings (SSSR count). The molecule has 0 aromatic heterocycles. The van der Waals surface area contributed by atoms with Crippen LogP contribution in [0.1, 0.15) is 52.1 Å². The zero-order chi connectivity index (χ0) is 15.1. The smallest absolute Gasteiger partial charge is 0.160 e. The van der Waals surface area contributed by atoms with E-state index in [0.717, 1.165) is 19.0 Å². The van der Waals surface area contributed by atoms with Gasteiger partial charge in [-0.15, -0.1) is 0 Å². The molecule has 114 valence electrons. The monoisotopic (exact) mass is 279 g/mol. The molecule has 0 fully saturated rings. The molecule has 0 amide bonds. The van der Waals surface area contributed by atoms with Crippen molar-refractivity contribution in [3.63, 3.8) is 0 Å². The molecular weight excluding hydrogens is 250 g/mol. The number of hydrogen-bond donors (Lipinski definition) is 1. The topological polar surface area (TPSA) is 32.7 Å². The lowest BCUT2D eigenvalue weighted by atomic mass is 10.00. The van der Waals surface area contributed by atoms with Crippen LogP contribution >= 0.6 is 0 Å². The van der Waals surface area contributed by atoms with Crippen molar-refractivity contribution in [2.75, 3.05) is 20.2 Å². The molecule has 1 N–H and O–H groups in total. The van der Waals surface area contributed by atoms with Crippen molar-refractivity contribution in [1.29, 1.82) is 0 Å². The number of phenolic OH excluding ortho intramolecular Hbond substituents is 1. The van der Waals surface area contributed by atoms with Crippen LogP contribution in [0.15, 0.2) is 18.2 Å². The molecule has 3 nitrogen and oxygen atoms in total. The number of ether oxygens (including phenoxy) is 1. The second-order valence-corrected chi connectivity index (χ2v) is 5.38.